The van der Waals surface area contributed by atoms with Gasteiger partial charge in [0.2, 0.25) is 0 Å². The monoisotopic (exact) mass is 556 g/mol. The van der Waals surface area contributed by atoms with Gasteiger partial charge in [-0.2, -0.15) is 0 Å². The Morgan fingerprint density at radius 1 is 0.558 bits per heavy atom. The molecule has 3 aromatic carbocycles. The highest BCUT2D eigenvalue weighted by Crippen LogP contribution is 2.39. The largest absolute Gasteiger partial charge is 0.333 e. The Bertz CT molecular complexity index is 1880. The molecule has 4 aliphatic carbocycles. The highest BCUT2D eigenvalue weighted by molar-refractivity contribution is 5.89. The van der Waals surface area contributed by atoms with E-state index in [0.717, 1.165) is 12.8 Å². The summed E-state index contributed by atoms with van der Waals surface area (Å²) in [4.78, 5) is 5.07. The Labute approximate surface area is 255 Å². The van der Waals surface area contributed by atoms with Gasteiger partial charge in [-0.1, -0.05) is 140 Å². The third-order valence-electron chi connectivity index (χ3n) is 8.58. The molecular formula is C41H36N2. The molecule has 0 saturated carbocycles. The van der Waals surface area contributed by atoms with Crippen molar-refractivity contribution in [2.24, 2.45) is 5.92 Å². The molecule has 0 amide bonds. The summed E-state index contributed by atoms with van der Waals surface area (Å²) in [5.74, 6) is 0.351. The molecule has 0 aliphatic heterocycles. The second-order valence-electron chi connectivity index (χ2n) is 11.4. The summed E-state index contributed by atoms with van der Waals surface area (Å²) in [5.41, 5.74) is 8.76. The minimum absolute atomic E-state index is 0.183. The number of para-hydroxylation sites is 2. The number of fused-ring (bicyclic) bond motifs is 3. The summed E-state index contributed by atoms with van der Waals surface area (Å²) < 4.78 is 0. The van der Waals surface area contributed by atoms with Crippen molar-refractivity contribution in [3.8, 4) is 0 Å². The maximum absolute atomic E-state index is 2.58. The van der Waals surface area contributed by atoms with Crippen molar-refractivity contribution in [1.82, 2.24) is 0 Å². The van der Waals surface area contributed by atoms with Crippen LogP contribution in [0.25, 0.3) is 11.4 Å². The summed E-state index contributed by atoms with van der Waals surface area (Å²) >= 11 is 0. The Balaban J connectivity index is 1.60. The number of allylic oxidation sites excluding steroid dienone is 11. The SMILES string of the molecule is CC1C=CC=CC1N(C1=c2ccccc2=C(N(C2=CC=CC=CC2)c2ccccc2)C2=CC=CC=C1C2)c1ccccc1. The van der Waals surface area contributed by atoms with E-state index in [2.05, 4.69) is 181 Å². The van der Waals surface area contributed by atoms with Gasteiger partial charge in [0.25, 0.3) is 0 Å². The zero-order valence-corrected chi connectivity index (χ0v) is 24.6. The van der Waals surface area contributed by atoms with Crippen LogP contribution in [0.15, 0.2) is 181 Å². The molecule has 2 heteroatoms. The molecule has 43 heavy (non-hydrogen) atoms. The lowest BCUT2D eigenvalue weighted by Crippen LogP contribution is -2.43. The van der Waals surface area contributed by atoms with Crippen LogP contribution >= 0.6 is 0 Å². The highest BCUT2D eigenvalue weighted by atomic mass is 15.2. The van der Waals surface area contributed by atoms with Gasteiger partial charge in [0.05, 0.1) is 17.4 Å². The molecule has 2 bridgehead atoms. The summed E-state index contributed by atoms with van der Waals surface area (Å²) in [6.45, 7) is 2.32. The molecule has 0 fully saturated rings. The lowest BCUT2D eigenvalue weighted by Gasteiger charge is -2.38. The van der Waals surface area contributed by atoms with Crippen molar-refractivity contribution in [2.45, 2.75) is 25.8 Å². The highest BCUT2D eigenvalue weighted by Gasteiger charge is 2.32. The minimum atomic E-state index is 0.183. The Hall–Kier alpha value is -5.08. The van der Waals surface area contributed by atoms with Crippen LogP contribution in [-0.4, -0.2) is 6.04 Å². The lowest BCUT2D eigenvalue weighted by atomic mass is 9.92. The summed E-state index contributed by atoms with van der Waals surface area (Å²) in [6, 6.07) is 30.9. The predicted octanol–water partition coefficient (Wildman–Crippen LogP) is 8.27. The van der Waals surface area contributed by atoms with Gasteiger partial charge in [-0.15, -0.1) is 0 Å². The minimum Gasteiger partial charge on any atom is -0.333 e. The van der Waals surface area contributed by atoms with Gasteiger partial charge in [-0.3, -0.25) is 0 Å². The number of benzene rings is 3. The van der Waals surface area contributed by atoms with Crippen molar-refractivity contribution >= 4 is 22.8 Å². The van der Waals surface area contributed by atoms with Crippen LogP contribution in [0.3, 0.4) is 0 Å². The predicted molar refractivity (Wildman–Crippen MR) is 182 cm³/mol. The van der Waals surface area contributed by atoms with Gasteiger partial charge in [0, 0.05) is 40.4 Å². The van der Waals surface area contributed by atoms with Crippen LogP contribution in [0.5, 0.6) is 0 Å². The Kier molecular flexibility index (Phi) is 7.50. The van der Waals surface area contributed by atoms with Crippen LogP contribution in [0.1, 0.15) is 19.8 Å². The molecule has 2 unspecified atom stereocenters. The van der Waals surface area contributed by atoms with E-state index >= 15 is 0 Å². The zero-order chi connectivity index (χ0) is 29.0. The van der Waals surface area contributed by atoms with Crippen molar-refractivity contribution in [3.05, 3.63) is 191 Å². The molecular weight excluding hydrogens is 520 g/mol. The zero-order valence-electron chi connectivity index (χ0n) is 24.6. The Morgan fingerprint density at radius 2 is 1.16 bits per heavy atom. The van der Waals surface area contributed by atoms with Crippen LogP contribution in [0.2, 0.25) is 0 Å². The van der Waals surface area contributed by atoms with Gasteiger partial charge in [-0.05, 0) is 47.4 Å². The van der Waals surface area contributed by atoms with E-state index in [1.165, 1.54) is 50.0 Å². The Morgan fingerprint density at radius 3 is 1.88 bits per heavy atom. The fourth-order valence-electron chi connectivity index (χ4n) is 6.60. The average molecular weight is 557 g/mol. The fraction of sp³-hybridized carbons (Fsp3) is 0.122. The first kappa shape index (κ1) is 26.8. The van der Waals surface area contributed by atoms with Crippen molar-refractivity contribution in [1.29, 1.82) is 0 Å². The lowest BCUT2D eigenvalue weighted by molar-refractivity contribution is 0.610. The van der Waals surface area contributed by atoms with Crippen molar-refractivity contribution in [2.75, 3.05) is 9.80 Å². The van der Waals surface area contributed by atoms with Crippen LogP contribution in [-0.2, 0) is 0 Å². The molecule has 0 saturated heterocycles. The number of hydrogen-bond donors (Lipinski definition) is 0. The van der Waals surface area contributed by atoms with Gasteiger partial charge in [0.15, 0.2) is 0 Å². The summed E-state index contributed by atoms with van der Waals surface area (Å²) in [5, 5.41) is 2.50. The standard InChI is InChI=1S/C41H36N2/c1-31-18-12-17-29-39(31)43(36-25-10-5-11-26-36)41-33-20-14-13-19-32(30-33)40(37-27-15-16-28-38(37)41)42(35-23-8-4-9-24-35)34-21-6-2-3-7-22-34/h2-21,23-29,31,39H,22,30H2,1H3. The molecule has 2 atom stereocenters. The number of anilines is 2. The van der Waals surface area contributed by atoms with Crippen LogP contribution < -0.4 is 20.2 Å². The van der Waals surface area contributed by atoms with Crippen molar-refractivity contribution < 1.29 is 0 Å². The maximum Gasteiger partial charge on any atom is 0.0585 e. The van der Waals surface area contributed by atoms with Crippen LogP contribution in [0, 0.1) is 5.92 Å². The first-order chi connectivity index (χ1) is 21.3. The molecule has 0 N–H and O–H groups in total. The van der Waals surface area contributed by atoms with Gasteiger partial charge < -0.3 is 9.80 Å². The summed E-state index contributed by atoms with van der Waals surface area (Å²) in [7, 11) is 0. The quantitative estimate of drug-likeness (QED) is 0.302. The number of rotatable bonds is 6. The second kappa shape index (κ2) is 12.0. The van der Waals surface area contributed by atoms with Crippen molar-refractivity contribution in [3.63, 3.8) is 0 Å². The molecule has 210 valence electrons. The second-order valence-corrected chi connectivity index (χ2v) is 11.4. The summed E-state index contributed by atoms with van der Waals surface area (Å²) in [6.07, 6.45) is 30.7. The third kappa shape index (κ3) is 5.21. The van der Waals surface area contributed by atoms with E-state index in [1.807, 2.05) is 0 Å². The van der Waals surface area contributed by atoms with Gasteiger partial charge in [-0.25, -0.2) is 0 Å². The van der Waals surface area contributed by atoms with E-state index < -0.39 is 0 Å². The normalized spacial score (nSPS) is 20.3. The molecule has 3 aromatic rings. The van der Waals surface area contributed by atoms with E-state index in [4.69, 9.17) is 0 Å². The molecule has 0 heterocycles. The van der Waals surface area contributed by atoms with E-state index in [-0.39, 0.29) is 6.04 Å². The molecule has 7 rings (SSSR count). The van der Waals surface area contributed by atoms with Gasteiger partial charge in [0.1, 0.15) is 0 Å². The number of hydrogen-bond acceptors (Lipinski definition) is 2. The molecule has 2 nitrogen and oxygen atoms in total. The number of nitrogens with zero attached hydrogens (tertiary/aromatic N) is 2. The van der Waals surface area contributed by atoms with E-state index in [0.29, 0.717) is 5.92 Å². The topological polar surface area (TPSA) is 6.48 Å². The fourth-order valence-corrected chi connectivity index (χ4v) is 6.60. The average Bonchev–Trinajstić information content (AvgIpc) is 3.52. The molecule has 4 aliphatic rings. The van der Waals surface area contributed by atoms with E-state index in [1.54, 1.807) is 0 Å². The van der Waals surface area contributed by atoms with Gasteiger partial charge >= 0.3 is 0 Å². The third-order valence-corrected chi connectivity index (χ3v) is 8.58. The molecule has 0 aromatic heterocycles. The smallest absolute Gasteiger partial charge is 0.0585 e. The first-order valence-corrected chi connectivity index (χ1v) is 15.3. The van der Waals surface area contributed by atoms with Crippen LogP contribution in [0.4, 0.5) is 11.4 Å². The first-order valence-electron chi connectivity index (χ1n) is 15.3. The molecule has 0 spiro atoms. The molecule has 0 radical (unpaired) electrons. The van der Waals surface area contributed by atoms with E-state index in [9.17, 15) is 0 Å². The maximum atomic E-state index is 2.58.